The fourth-order valence-electron chi connectivity index (χ4n) is 4.98. The first-order chi connectivity index (χ1) is 12.2. The largest absolute Gasteiger partial charge is 0.378 e. The Kier molecular flexibility index (Phi) is 8.47. The molecule has 6 heteroatoms. The number of guanidine groups is 1. The molecule has 0 radical (unpaired) electrons. The molecule has 1 heterocycles. The molecular weight excluding hydrogens is 439 g/mol. The van der Waals surface area contributed by atoms with Gasteiger partial charge in [-0.05, 0) is 57.9 Å². The molecule has 0 aromatic carbocycles. The van der Waals surface area contributed by atoms with Crippen LogP contribution in [0.5, 0.6) is 0 Å². The zero-order valence-corrected chi connectivity index (χ0v) is 19.4. The zero-order valence-electron chi connectivity index (χ0n) is 17.1. The van der Waals surface area contributed by atoms with E-state index in [0.29, 0.717) is 12.1 Å². The molecule has 2 aliphatic carbocycles. The molecule has 152 valence electrons. The molecular formula is C20H39IN4O. The van der Waals surface area contributed by atoms with Gasteiger partial charge in [0, 0.05) is 44.2 Å². The molecule has 1 saturated heterocycles. The average molecular weight is 478 g/mol. The fourth-order valence-corrected chi connectivity index (χ4v) is 4.98. The summed E-state index contributed by atoms with van der Waals surface area (Å²) in [6, 6.07) is 1.37. The second-order valence-electron chi connectivity index (χ2n) is 8.15. The maximum Gasteiger partial charge on any atom is 0.191 e. The summed E-state index contributed by atoms with van der Waals surface area (Å²) in [5.74, 6) is 1.73. The van der Waals surface area contributed by atoms with Crippen molar-refractivity contribution in [3.8, 4) is 0 Å². The van der Waals surface area contributed by atoms with Crippen LogP contribution in [-0.4, -0.2) is 62.3 Å². The Balaban J connectivity index is 0.00000243. The molecule has 2 saturated carbocycles. The van der Waals surface area contributed by atoms with Gasteiger partial charge in [-0.25, -0.2) is 0 Å². The summed E-state index contributed by atoms with van der Waals surface area (Å²) in [5.41, 5.74) is 0.254. The van der Waals surface area contributed by atoms with E-state index in [2.05, 4.69) is 41.3 Å². The Labute approximate surface area is 177 Å². The number of hydrogen-bond donors (Lipinski definition) is 2. The third-order valence-electron chi connectivity index (χ3n) is 6.94. The molecule has 3 unspecified atom stereocenters. The summed E-state index contributed by atoms with van der Waals surface area (Å²) in [7, 11) is 1.89. The number of nitrogens with one attached hydrogen (secondary N) is 2. The molecule has 0 spiro atoms. The van der Waals surface area contributed by atoms with Crippen molar-refractivity contribution in [2.75, 3.05) is 33.3 Å². The highest BCUT2D eigenvalue weighted by atomic mass is 127. The van der Waals surface area contributed by atoms with Gasteiger partial charge in [0.25, 0.3) is 0 Å². The van der Waals surface area contributed by atoms with Gasteiger partial charge >= 0.3 is 0 Å². The third kappa shape index (κ3) is 4.66. The van der Waals surface area contributed by atoms with Crippen LogP contribution in [-0.2, 0) is 4.74 Å². The van der Waals surface area contributed by atoms with E-state index >= 15 is 0 Å². The van der Waals surface area contributed by atoms with E-state index in [-0.39, 0.29) is 29.4 Å². The molecule has 1 aliphatic heterocycles. The van der Waals surface area contributed by atoms with Crippen LogP contribution in [0.4, 0.5) is 0 Å². The van der Waals surface area contributed by atoms with Gasteiger partial charge in [0.05, 0.1) is 6.10 Å². The second kappa shape index (κ2) is 9.92. The molecule has 2 N–H and O–H groups in total. The molecule has 3 aliphatic rings. The molecule has 26 heavy (non-hydrogen) atoms. The fraction of sp³-hybridized carbons (Fsp3) is 0.950. The molecule has 3 rings (SSSR count). The number of aliphatic imine (C=N–C) groups is 1. The van der Waals surface area contributed by atoms with Crippen LogP contribution in [0.25, 0.3) is 0 Å². The second-order valence-corrected chi connectivity index (χ2v) is 8.15. The molecule has 3 atom stereocenters. The molecule has 0 aromatic heterocycles. The van der Waals surface area contributed by atoms with Crippen molar-refractivity contribution in [3.05, 3.63) is 0 Å². The van der Waals surface area contributed by atoms with Crippen molar-refractivity contribution >= 4 is 29.9 Å². The predicted octanol–water partition coefficient (Wildman–Crippen LogP) is 3.24. The molecule has 5 nitrogen and oxygen atoms in total. The van der Waals surface area contributed by atoms with Crippen LogP contribution in [0, 0.1) is 11.3 Å². The van der Waals surface area contributed by atoms with Crippen molar-refractivity contribution in [1.82, 2.24) is 15.5 Å². The lowest BCUT2D eigenvalue weighted by Crippen LogP contribution is -2.65. The minimum Gasteiger partial charge on any atom is -0.378 e. The van der Waals surface area contributed by atoms with E-state index in [0.717, 1.165) is 50.3 Å². The Morgan fingerprint density at radius 3 is 2.50 bits per heavy atom. The average Bonchev–Trinajstić information content (AvgIpc) is 3.36. The first-order valence-electron chi connectivity index (χ1n) is 10.5. The lowest BCUT2D eigenvalue weighted by atomic mass is 9.58. The number of halogens is 1. The standard InChI is InChI=1S/C20H38N4O.HI/c1-5-20(6-2)17(12-18(20)25-7-3)23-19(21-4)22-13-15-10-11-24(14-15)16-8-9-16;/h15-18H,5-14H2,1-4H3,(H2,21,22,23);1H. The maximum absolute atomic E-state index is 6.00. The summed E-state index contributed by atoms with van der Waals surface area (Å²) in [6.45, 7) is 11.1. The van der Waals surface area contributed by atoms with Gasteiger partial charge in [-0.3, -0.25) is 4.99 Å². The van der Waals surface area contributed by atoms with Gasteiger partial charge in [-0.15, -0.1) is 24.0 Å². The van der Waals surface area contributed by atoms with Gasteiger partial charge in [0.2, 0.25) is 0 Å². The molecule has 0 aromatic rings. The van der Waals surface area contributed by atoms with E-state index in [1.807, 2.05) is 7.05 Å². The van der Waals surface area contributed by atoms with Crippen LogP contribution in [0.15, 0.2) is 4.99 Å². The van der Waals surface area contributed by atoms with Crippen LogP contribution < -0.4 is 10.6 Å². The number of ether oxygens (including phenoxy) is 1. The van der Waals surface area contributed by atoms with Gasteiger partial charge < -0.3 is 20.3 Å². The van der Waals surface area contributed by atoms with Crippen LogP contribution in [0.2, 0.25) is 0 Å². The van der Waals surface area contributed by atoms with Crippen LogP contribution in [0.1, 0.15) is 59.3 Å². The predicted molar refractivity (Wildman–Crippen MR) is 119 cm³/mol. The zero-order chi connectivity index (χ0) is 17.9. The Bertz CT molecular complexity index is 465. The number of nitrogens with zero attached hydrogens (tertiary/aromatic N) is 2. The van der Waals surface area contributed by atoms with Crippen LogP contribution in [0.3, 0.4) is 0 Å². The van der Waals surface area contributed by atoms with E-state index < -0.39 is 0 Å². The van der Waals surface area contributed by atoms with E-state index in [4.69, 9.17) is 4.74 Å². The van der Waals surface area contributed by atoms with Crippen molar-refractivity contribution in [1.29, 1.82) is 0 Å². The first kappa shape index (κ1) is 22.2. The topological polar surface area (TPSA) is 48.9 Å². The van der Waals surface area contributed by atoms with E-state index in [1.54, 1.807) is 0 Å². The van der Waals surface area contributed by atoms with E-state index in [1.165, 1.54) is 32.4 Å². The summed E-state index contributed by atoms with van der Waals surface area (Å²) in [5, 5.41) is 7.29. The smallest absolute Gasteiger partial charge is 0.191 e. The van der Waals surface area contributed by atoms with Gasteiger partial charge in [0.15, 0.2) is 5.96 Å². The van der Waals surface area contributed by atoms with Gasteiger partial charge in [-0.2, -0.15) is 0 Å². The lowest BCUT2D eigenvalue weighted by molar-refractivity contribution is -0.133. The monoisotopic (exact) mass is 478 g/mol. The van der Waals surface area contributed by atoms with Crippen LogP contribution >= 0.6 is 24.0 Å². The third-order valence-corrected chi connectivity index (χ3v) is 6.94. The Morgan fingerprint density at radius 1 is 1.19 bits per heavy atom. The lowest BCUT2D eigenvalue weighted by Gasteiger charge is -2.55. The van der Waals surface area contributed by atoms with Crippen molar-refractivity contribution in [2.24, 2.45) is 16.3 Å². The summed E-state index contributed by atoms with van der Waals surface area (Å²) in [4.78, 5) is 7.16. The summed E-state index contributed by atoms with van der Waals surface area (Å²) in [6.07, 6.45) is 7.96. The SMILES string of the molecule is CCOC1CC(NC(=NC)NCC2CCN(C3CC3)C2)C1(CC)CC.I. The quantitative estimate of drug-likeness (QED) is 0.320. The maximum atomic E-state index is 6.00. The normalized spacial score (nSPS) is 31.2. The van der Waals surface area contributed by atoms with Crippen molar-refractivity contribution in [2.45, 2.75) is 77.5 Å². The number of rotatable bonds is 8. The minimum atomic E-state index is 0. The highest BCUT2D eigenvalue weighted by molar-refractivity contribution is 14.0. The summed E-state index contributed by atoms with van der Waals surface area (Å²) >= 11 is 0. The Morgan fingerprint density at radius 2 is 1.92 bits per heavy atom. The van der Waals surface area contributed by atoms with Gasteiger partial charge in [-0.1, -0.05) is 13.8 Å². The molecule has 3 fully saturated rings. The highest BCUT2D eigenvalue weighted by Gasteiger charge is 2.53. The number of likely N-dealkylation sites (tertiary alicyclic amines) is 1. The first-order valence-corrected chi connectivity index (χ1v) is 10.5. The number of hydrogen-bond acceptors (Lipinski definition) is 3. The van der Waals surface area contributed by atoms with Crippen molar-refractivity contribution < 1.29 is 4.74 Å². The van der Waals surface area contributed by atoms with E-state index in [9.17, 15) is 0 Å². The van der Waals surface area contributed by atoms with Crippen molar-refractivity contribution in [3.63, 3.8) is 0 Å². The molecule has 0 bridgehead atoms. The Hall–Kier alpha value is -0.0800. The highest BCUT2D eigenvalue weighted by Crippen LogP contribution is 2.48. The molecule has 0 amide bonds. The minimum absolute atomic E-state index is 0. The summed E-state index contributed by atoms with van der Waals surface area (Å²) < 4.78 is 6.00. The van der Waals surface area contributed by atoms with Gasteiger partial charge in [0.1, 0.15) is 0 Å².